The summed E-state index contributed by atoms with van der Waals surface area (Å²) in [7, 11) is 1.51. The summed E-state index contributed by atoms with van der Waals surface area (Å²) in [6.07, 6.45) is -4.78. The quantitative estimate of drug-likeness (QED) is 0.541. The number of aryl methyl sites for hydroxylation is 1. The molecule has 0 spiro atoms. The van der Waals surface area contributed by atoms with Crippen LogP contribution in [0.25, 0.3) is 5.69 Å². The first kappa shape index (κ1) is 22.4. The molecule has 3 aromatic rings. The summed E-state index contributed by atoms with van der Waals surface area (Å²) in [6.45, 7) is 3.58. The number of anilines is 1. The van der Waals surface area contributed by atoms with Crippen LogP contribution in [0.15, 0.2) is 47.6 Å². The van der Waals surface area contributed by atoms with E-state index in [9.17, 15) is 18.0 Å². The summed E-state index contributed by atoms with van der Waals surface area (Å²) in [5.74, 6) is -0.127. The molecule has 1 heterocycles. The molecule has 1 atom stereocenters. The summed E-state index contributed by atoms with van der Waals surface area (Å²) in [6, 6.07) is 10.5. The van der Waals surface area contributed by atoms with Gasteiger partial charge in [-0.05, 0) is 66.2 Å². The van der Waals surface area contributed by atoms with Crippen molar-refractivity contribution in [2.45, 2.75) is 30.6 Å². The van der Waals surface area contributed by atoms with Crippen LogP contribution >= 0.6 is 11.8 Å². The van der Waals surface area contributed by atoms with E-state index in [1.165, 1.54) is 23.9 Å². The minimum atomic E-state index is -4.78. The number of benzene rings is 2. The van der Waals surface area contributed by atoms with Crippen LogP contribution in [0, 0.1) is 6.92 Å². The predicted molar refractivity (Wildman–Crippen MR) is 108 cm³/mol. The second kappa shape index (κ2) is 9.25. The molecule has 3 rings (SSSR count). The van der Waals surface area contributed by atoms with Crippen molar-refractivity contribution >= 4 is 23.4 Å². The van der Waals surface area contributed by atoms with E-state index in [1.54, 1.807) is 19.1 Å². The van der Waals surface area contributed by atoms with E-state index >= 15 is 0 Å². The number of hydrogen-bond acceptors (Lipinski definition) is 7. The average Bonchev–Trinajstić information content (AvgIpc) is 3.15. The Labute approximate surface area is 179 Å². The molecule has 0 bridgehead atoms. The van der Waals surface area contributed by atoms with Crippen molar-refractivity contribution in [1.29, 1.82) is 0 Å². The predicted octanol–water partition coefficient (Wildman–Crippen LogP) is 4.00. The molecular weight excluding hydrogens is 435 g/mol. The second-order valence-electron chi connectivity index (χ2n) is 6.37. The maximum atomic E-state index is 12.7. The number of halogens is 3. The lowest BCUT2D eigenvalue weighted by Crippen LogP contribution is -2.23. The number of methoxy groups -OCH3 is 1. The molecule has 0 saturated carbocycles. The van der Waals surface area contributed by atoms with Crippen LogP contribution in [0.2, 0.25) is 0 Å². The largest absolute Gasteiger partial charge is 0.573 e. The van der Waals surface area contributed by atoms with Crippen molar-refractivity contribution in [1.82, 2.24) is 20.2 Å². The number of hydrogen-bond donors (Lipinski definition) is 1. The van der Waals surface area contributed by atoms with E-state index in [0.717, 1.165) is 29.5 Å². The van der Waals surface area contributed by atoms with Gasteiger partial charge in [-0.2, -0.15) is 4.68 Å². The summed E-state index contributed by atoms with van der Waals surface area (Å²) in [5.41, 5.74) is 1.91. The molecule has 8 nitrogen and oxygen atoms in total. The fraction of sp³-hybridized carbons (Fsp3) is 0.263. The molecule has 12 heteroatoms. The lowest BCUT2D eigenvalue weighted by atomic mass is 10.2. The van der Waals surface area contributed by atoms with Crippen molar-refractivity contribution in [2.24, 2.45) is 0 Å². The van der Waals surface area contributed by atoms with Gasteiger partial charge in [0, 0.05) is 0 Å². The summed E-state index contributed by atoms with van der Waals surface area (Å²) >= 11 is 1.09. The monoisotopic (exact) mass is 453 g/mol. The van der Waals surface area contributed by atoms with Crippen LogP contribution in [0.5, 0.6) is 11.5 Å². The second-order valence-corrected chi connectivity index (χ2v) is 7.68. The normalized spacial score (nSPS) is 12.3. The number of carbonyl (C=O) groups excluding carboxylic acids is 1. The molecule has 2 aromatic carbocycles. The maximum absolute atomic E-state index is 12.7. The van der Waals surface area contributed by atoms with Crippen LogP contribution in [-0.2, 0) is 4.79 Å². The van der Waals surface area contributed by atoms with Crippen molar-refractivity contribution in [3.05, 3.63) is 48.0 Å². The SMILES string of the molecule is COc1ccc(C)cc1NC(=O)C(C)Sc1nnnn1-c1ccc(OC(F)(F)F)cc1. The molecule has 1 unspecified atom stereocenters. The molecule has 0 fully saturated rings. The number of aromatic nitrogens is 4. The fourth-order valence-corrected chi connectivity index (χ4v) is 3.38. The summed E-state index contributed by atoms with van der Waals surface area (Å²) < 4.78 is 47.4. The van der Waals surface area contributed by atoms with Crippen LogP contribution < -0.4 is 14.8 Å². The molecule has 1 aromatic heterocycles. The third kappa shape index (κ3) is 5.87. The number of rotatable bonds is 7. The Morgan fingerprint density at radius 1 is 1.19 bits per heavy atom. The number of alkyl halides is 3. The van der Waals surface area contributed by atoms with Gasteiger partial charge in [0.15, 0.2) is 0 Å². The molecule has 31 heavy (non-hydrogen) atoms. The fourth-order valence-electron chi connectivity index (χ4n) is 2.57. The smallest absolute Gasteiger partial charge is 0.495 e. The zero-order chi connectivity index (χ0) is 22.6. The van der Waals surface area contributed by atoms with Crippen LogP contribution in [-0.4, -0.2) is 44.8 Å². The first-order valence-electron chi connectivity index (χ1n) is 8.93. The highest BCUT2D eigenvalue weighted by atomic mass is 32.2. The molecular formula is C19H18F3N5O3S. The van der Waals surface area contributed by atoms with Crippen LogP contribution in [0.3, 0.4) is 0 Å². The molecule has 1 N–H and O–H groups in total. The standard InChI is InChI=1S/C19H18F3N5O3S/c1-11-4-9-16(29-3)15(10-11)23-17(28)12(2)31-18-24-25-26-27(18)13-5-7-14(8-6-13)30-19(20,21)22/h4-10,12H,1-3H3,(H,23,28). The van der Waals surface area contributed by atoms with Crippen LogP contribution in [0.1, 0.15) is 12.5 Å². The Morgan fingerprint density at radius 3 is 2.55 bits per heavy atom. The Hall–Kier alpha value is -3.28. The topological polar surface area (TPSA) is 91.2 Å². The van der Waals surface area contributed by atoms with Gasteiger partial charge >= 0.3 is 6.36 Å². The molecule has 0 aliphatic heterocycles. The zero-order valence-corrected chi connectivity index (χ0v) is 17.5. The van der Waals surface area contributed by atoms with Gasteiger partial charge in [0.2, 0.25) is 11.1 Å². The number of thioether (sulfide) groups is 1. The lowest BCUT2D eigenvalue weighted by Gasteiger charge is -2.14. The van der Waals surface area contributed by atoms with Gasteiger partial charge in [-0.15, -0.1) is 18.3 Å². The zero-order valence-electron chi connectivity index (χ0n) is 16.7. The number of nitrogens with zero attached hydrogens (tertiary/aromatic N) is 4. The van der Waals surface area contributed by atoms with Crippen molar-refractivity contribution < 1.29 is 27.4 Å². The third-order valence-electron chi connectivity index (χ3n) is 4.02. The van der Waals surface area contributed by atoms with E-state index in [0.29, 0.717) is 22.3 Å². The Balaban J connectivity index is 1.71. The van der Waals surface area contributed by atoms with Crippen molar-refractivity contribution in [3.63, 3.8) is 0 Å². The Kier molecular flexibility index (Phi) is 6.68. The molecule has 0 radical (unpaired) electrons. The first-order chi connectivity index (χ1) is 14.7. The number of tetrazole rings is 1. The summed E-state index contributed by atoms with van der Waals surface area (Å²) in [4.78, 5) is 12.7. The van der Waals surface area contributed by atoms with Gasteiger partial charge in [-0.3, -0.25) is 4.79 Å². The molecule has 1 amide bonds. The molecule has 0 aliphatic rings. The summed E-state index contributed by atoms with van der Waals surface area (Å²) in [5, 5.41) is 13.9. The highest BCUT2D eigenvalue weighted by molar-refractivity contribution is 8.00. The molecule has 0 aliphatic carbocycles. The van der Waals surface area contributed by atoms with Crippen molar-refractivity contribution in [2.75, 3.05) is 12.4 Å². The van der Waals surface area contributed by atoms with Gasteiger partial charge in [0.1, 0.15) is 11.5 Å². The van der Waals surface area contributed by atoms with E-state index < -0.39 is 11.6 Å². The van der Waals surface area contributed by atoms with Gasteiger partial charge in [-0.25, -0.2) is 0 Å². The highest BCUT2D eigenvalue weighted by Crippen LogP contribution is 2.29. The van der Waals surface area contributed by atoms with Gasteiger partial charge < -0.3 is 14.8 Å². The van der Waals surface area contributed by atoms with Gasteiger partial charge in [0.05, 0.1) is 23.7 Å². The highest BCUT2D eigenvalue weighted by Gasteiger charge is 2.31. The number of ether oxygens (including phenoxy) is 2. The first-order valence-corrected chi connectivity index (χ1v) is 9.81. The third-order valence-corrected chi connectivity index (χ3v) is 5.05. The average molecular weight is 453 g/mol. The molecule has 164 valence electrons. The maximum Gasteiger partial charge on any atom is 0.573 e. The van der Waals surface area contributed by atoms with Gasteiger partial charge in [-0.1, -0.05) is 17.8 Å². The lowest BCUT2D eigenvalue weighted by molar-refractivity contribution is -0.274. The minimum absolute atomic E-state index is 0.294. The number of carbonyl (C=O) groups is 1. The number of amides is 1. The van der Waals surface area contributed by atoms with Crippen molar-refractivity contribution in [3.8, 4) is 17.2 Å². The Bertz CT molecular complexity index is 1060. The van der Waals surface area contributed by atoms with Crippen LogP contribution in [0.4, 0.5) is 18.9 Å². The Morgan fingerprint density at radius 2 is 1.90 bits per heavy atom. The van der Waals surface area contributed by atoms with E-state index in [1.807, 2.05) is 13.0 Å². The van der Waals surface area contributed by atoms with Gasteiger partial charge in [0.25, 0.3) is 0 Å². The minimum Gasteiger partial charge on any atom is -0.495 e. The van der Waals surface area contributed by atoms with E-state index in [4.69, 9.17) is 4.74 Å². The number of nitrogens with one attached hydrogen (secondary N) is 1. The van der Waals surface area contributed by atoms with E-state index in [2.05, 4.69) is 25.6 Å². The molecule has 0 saturated heterocycles. The van der Waals surface area contributed by atoms with E-state index in [-0.39, 0.29) is 11.7 Å².